The predicted octanol–water partition coefficient (Wildman–Crippen LogP) is 3.78. The summed E-state index contributed by atoms with van der Waals surface area (Å²) in [5.74, 6) is -1.06. The van der Waals surface area contributed by atoms with E-state index in [2.05, 4.69) is 15.0 Å². The average molecular weight is 430 g/mol. The maximum absolute atomic E-state index is 12.8. The van der Waals surface area contributed by atoms with Crippen LogP contribution in [0.5, 0.6) is 0 Å². The van der Waals surface area contributed by atoms with Gasteiger partial charge in [-0.15, -0.1) is 0 Å². The molecule has 1 aromatic carbocycles. The first-order valence-electron chi connectivity index (χ1n) is 9.46. The van der Waals surface area contributed by atoms with Gasteiger partial charge in [-0.25, -0.2) is 18.1 Å². The molecular weight excluding hydrogens is 405 g/mol. The molecule has 1 aliphatic rings. The van der Waals surface area contributed by atoms with Crippen LogP contribution >= 0.6 is 0 Å². The summed E-state index contributed by atoms with van der Waals surface area (Å²) >= 11 is 0. The summed E-state index contributed by atoms with van der Waals surface area (Å²) in [7, 11) is -0.450. The number of nitrogens with zero attached hydrogens (tertiary/aromatic N) is 2. The third kappa shape index (κ3) is 5.11. The molecule has 160 valence electrons. The Morgan fingerprint density at radius 2 is 1.90 bits per heavy atom. The van der Waals surface area contributed by atoms with E-state index in [4.69, 9.17) is 0 Å². The third-order valence-electron chi connectivity index (χ3n) is 5.44. The number of aryl methyl sites for hydroxylation is 1. The van der Waals surface area contributed by atoms with Crippen LogP contribution in [-0.2, 0) is 17.1 Å². The molecule has 0 atom stereocenters. The van der Waals surface area contributed by atoms with E-state index < -0.39 is 22.1 Å². The van der Waals surface area contributed by atoms with E-state index in [-0.39, 0.29) is 23.7 Å². The van der Waals surface area contributed by atoms with Gasteiger partial charge < -0.3 is 9.88 Å². The Balaban J connectivity index is 1.77. The molecule has 0 bridgehead atoms. The van der Waals surface area contributed by atoms with Gasteiger partial charge in [0.05, 0.1) is 22.8 Å². The Morgan fingerprint density at radius 3 is 2.45 bits per heavy atom. The van der Waals surface area contributed by atoms with Crippen LogP contribution in [0.3, 0.4) is 0 Å². The van der Waals surface area contributed by atoms with E-state index in [1.54, 1.807) is 29.2 Å². The van der Waals surface area contributed by atoms with Gasteiger partial charge in [0.15, 0.2) is 0 Å². The molecule has 29 heavy (non-hydrogen) atoms. The van der Waals surface area contributed by atoms with E-state index in [0.717, 1.165) is 0 Å². The lowest BCUT2D eigenvalue weighted by Crippen LogP contribution is -2.29. The number of hydrogen-bond acceptors (Lipinski definition) is 4. The molecule has 3 rings (SSSR count). The van der Waals surface area contributed by atoms with Crippen molar-refractivity contribution in [2.75, 3.05) is 18.9 Å². The van der Waals surface area contributed by atoms with Crippen LogP contribution in [0, 0.1) is 11.8 Å². The lowest BCUT2D eigenvalue weighted by atomic mass is 9.81. The van der Waals surface area contributed by atoms with Crippen LogP contribution < -0.4 is 10.0 Å². The zero-order valence-electron chi connectivity index (χ0n) is 16.3. The van der Waals surface area contributed by atoms with Crippen LogP contribution in [0.4, 0.5) is 18.9 Å². The number of hydrogen-bond donors (Lipinski definition) is 2. The fourth-order valence-electron chi connectivity index (χ4n) is 3.67. The van der Waals surface area contributed by atoms with Crippen LogP contribution in [0.2, 0.25) is 0 Å². The SMILES string of the molecule is CNS(=O)(=O)c1ccc(NCC2CCC(C(F)(F)F)CC2)c(-c2cn(C)cn2)c1. The number of imidazole rings is 1. The molecule has 0 radical (unpaired) electrons. The zero-order valence-corrected chi connectivity index (χ0v) is 17.1. The first-order valence-corrected chi connectivity index (χ1v) is 10.9. The molecule has 1 fully saturated rings. The van der Waals surface area contributed by atoms with Crippen molar-refractivity contribution in [3.05, 3.63) is 30.7 Å². The number of anilines is 1. The largest absolute Gasteiger partial charge is 0.391 e. The maximum atomic E-state index is 12.8. The molecule has 0 spiro atoms. The normalized spacial score (nSPS) is 20.6. The summed E-state index contributed by atoms with van der Waals surface area (Å²) in [6.07, 6.45) is 0.635. The fourth-order valence-corrected chi connectivity index (χ4v) is 4.43. The molecular formula is C19H25F3N4O2S. The second-order valence-electron chi connectivity index (χ2n) is 7.48. The van der Waals surface area contributed by atoms with Gasteiger partial charge in [-0.3, -0.25) is 0 Å². The van der Waals surface area contributed by atoms with Crippen LogP contribution in [0.15, 0.2) is 35.6 Å². The molecule has 0 aliphatic heterocycles. The van der Waals surface area contributed by atoms with Gasteiger partial charge in [-0.05, 0) is 56.8 Å². The van der Waals surface area contributed by atoms with Gasteiger partial charge in [-0.1, -0.05) is 0 Å². The van der Waals surface area contributed by atoms with Crippen molar-refractivity contribution in [3.8, 4) is 11.3 Å². The van der Waals surface area contributed by atoms with Crippen molar-refractivity contribution in [2.24, 2.45) is 18.9 Å². The summed E-state index contributed by atoms with van der Waals surface area (Å²) in [4.78, 5) is 4.43. The second-order valence-corrected chi connectivity index (χ2v) is 9.37. The molecule has 1 heterocycles. The number of sulfonamides is 1. The maximum Gasteiger partial charge on any atom is 0.391 e. The molecule has 10 heteroatoms. The molecule has 0 unspecified atom stereocenters. The first kappa shape index (κ1) is 21.6. The quantitative estimate of drug-likeness (QED) is 0.732. The minimum absolute atomic E-state index is 0.122. The number of halogens is 3. The Morgan fingerprint density at radius 1 is 1.21 bits per heavy atom. The van der Waals surface area contributed by atoms with Crippen LogP contribution in [-0.4, -0.2) is 37.7 Å². The molecule has 1 saturated carbocycles. The minimum atomic E-state index is -4.11. The highest BCUT2D eigenvalue weighted by Gasteiger charge is 2.41. The fraction of sp³-hybridized carbons (Fsp3) is 0.526. The average Bonchev–Trinajstić information content (AvgIpc) is 3.12. The molecule has 2 aromatic rings. The monoisotopic (exact) mass is 430 g/mol. The van der Waals surface area contributed by atoms with Gasteiger partial charge in [-0.2, -0.15) is 13.2 Å². The minimum Gasteiger partial charge on any atom is -0.384 e. The number of aromatic nitrogens is 2. The van der Waals surface area contributed by atoms with E-state index in [1.165, 1.54) is 13.1 Å². The summed E-state index contributed by atoms with van der Waals surface area (Å²) in [6, 6.07) is 4.73. The zero-order chi connectivity index (χ0) is 21.2. The Labute approximate surface area is 168 Å². The van der Waals surface area contributed by atoms with Crippen molar-refractivity contribution in [1.29, 1.82) is 0 Å². The van der Waals surface area contributed by atoms with E-state index >= 15 is 0 Å². The topological polar surface area (TPSA) is 76.0 Å². The summed E-state index contributed by atoms with van der Waals surface area (Å²) < 4.78 is 66.9. The highest BCUT2D eigenvalue weighted by atomic mass is 32.2. The third-order valence-corrected chi connectivity index (χ3v) is 6.85. The summed E-state index contributed by atoms with van der Waals surface area (Å²) in [6.45, 7) is 0.530. The number of alkyl halides is 3. The lowest BCUT2D eigenvalue weighted by molar-refractivity contribution is -0.183. The molecule has 1 aromatic heterocycles. The van der Waals surface area contributed by atoms with Gasteiger partial charge in [0, 0.05) is 31.0 Å². The molecule has 6 nitrogen and oxygen atoms in total. The summed E-state index contributed by atoms with van der Waals surface area (Å²) in [5, 5.41) is 3.30. The Kier molecular flexibility index (Phi) is 6.23. The van der Waals surface area contributed by atoms with Crippen molar-refractivity contribution in [2.45, 2.75) is 36.8 Å². The molecule has 2 N–H and O–H groups in total. The van der Waals surface area contributed by atoms with Crippen molar-refractivity contribution in [3.63, 3.8) is 0 Å². The molecule has 0 amide bonds. The van der Waals surface area contributed by atoms with E-state index in [9.17, 15) is 21.6 Å². The smallest absolute Gasteiger partial charge is 0.384 e. The Bertz CT molecular complexity index is 949. The highest BCUT2D eigenvalue weighted by Crippen LogP contribution is 2.39. The Hall–Kier alpha value is -2.07. The number of benzene rings is 1. The molecule has 1 aliphatic carbocycles. The first-order chi connectivity index (χ1) is 13.6. The van der Waals surface area contributed by atoms with Crippen LogP contribution in [0.25, 0.3) is 11.3 Å². The van der Waals surface area contributed by atoms with Crippen molar-refractivity contribution < 1.29 is 21.6 Å². The van der Waals surface area contributed by atoms with Gasteiger partial charge >= 0.3 is 6.18 Å². The van der Waals surface area contributed by atoms with Gasteiger partial charge in [0.1, 0.15) is 0 Å². The van der Waals surface area contributed by atoms with E-state index in [0.29, 0.717) is 36.3 Å². The van der Waals surface area contributed by atoms with Crippen molar-refractivity contribution in [1.82, 2.24) is 14.3 Å². The summed E-state index contributed by atoms with van der Waals surface area (Å²) in [5.41, 5.74) is 1.95. The van der Waals surface area contributed by atoms with Crippen LogP contribution in [0.1, 0.15) is 25.7 Å². The van der Waals surface area contributed by atoms with Gasteiger partial charge in [0.25, 0.3) is 0 Å². The van der Waals surface area contributed by atoms with Crippen molar-refractivity contribution >= 4 is 15.7 Å². The number of rotatable bonds is 6. The van der Waals surface area contributed by atoms with E-state index in [1.807, 2.05) is 7.05 Å². The van der Waals surface area contributed by atoms with Gasteiger partial charge in [0.2, 0.25) is 10.0 Å². The lowest BCUT2D eigenvalue weighted by Gasteiger charge is -2.30. The number of nitrogens with one attached hydrogen (secondary N) is 2. The predicted molar refractivity (Wildman–Crippen MR) is 105 cm³/mol. The second kappa shape index (κ2) is 8.35. The molecule has 0 saturated heterocycles. The highest BCUT2D eigenvalue weighted by molar-refractivity contribution is 7.89. The standard InChI is InChI=1S/C19H25F3N4O2S/c1-23-29(27,28)15-7-8-17(16(9-15)18-11-26(2)12-25-18)24-10-13-3-5-14(6-4-13)19(20,21)22/h7-9,11-14,23-24H,3-6,10H2,1-2H3.